The summed E-state index contributed by atoms with van der Waals surface area (Å²) >= 11 is 0. The number of carboxylic acid groups (broad SMARTS) is 1. The molecular weight excluding hydrogens is 218 g/mol. The Kier molecular flexibility index (Phi) is 3.24. The Morgan fingerprint density at radius 2 is 2.18 bits per heavy atom. The third-order valence-electron chi connectivity index (χ3n) is 3.33. The number of nitrogens with one attached hydrogen (secondary N) is 1. The van der Waals surface area contributed by atoms with Crippen molar-refractivity contribution in [2.45, 2.75) is 45.7 Å². The van der Waals surface area contributed by atoms with Crippen molar-refractivity contribution in [1.82, 2.24) is 5.32 Å². The average molecular weight is 237 g/mol. The molecule has 0 aliphatic heterocycles. The Balaban J connectivity index is 2.07. The minimum atomic E-state index is -0.753. The van der Waals surface area contributed by atoms with Gasteiger partial charge in [-0.25, -0.2) is 0 Å². The number of carboxylic acids is 1. The van der Waals surface area contributed by atoms with Crippen molar-refractivity contribution in [3.63, 3.8) is 0 Å². The van der Waals surface area contributed by atoms with Crippen molar-refractivity contribution < 1.29 is 14.3 Å². The van der Waals surface area contributed by atoms with E-state index in [1.807, 2.05) is 26.8 Å². The second-order valence-corrected chi connectivity index (χ2v) is 4.91. The predicted octanol–water partition coefficient (Wildman–Crippen LogP) is 2.41. The molecule has 2 atom stereocenters. The number of aliphatic carboxylic acids is 1. The largest absolute Gasteiger partial charge is 0.480 e. The van der Waals surface area contributed by atoms with Crippen molar-refractivity contribution >= 4 is 5.97 Å². The number of hydrogen-bond donors (Lipinski definition) is 2. The number of carbonyl (C=O) groups is 1. The van der Waals surface area contributed by atoms with Gasteiger partial charge in [0.25, 0.3) is 0 Å². The first-order valence-electron chi connectivity index (χ1n) is 6.05. The quantitative estimate of drug-likeness (QED) is 0.825. The van der Waals surface area contributed by atoms with Crippen LogP contribution in [0, 0.1) is 19.8 Å². The monoisotopic (exact) mass is 237 g/mol. The lowest BCUT2D eigenvalue weighted by molar-refractivity contribution is -0.140. The summed E-state index contributed by atoms with van der Waals surface area (Å²) in [6.07, 6.45) is 2.03. The predicted molar refractivity (Wildman–Crippen MR) is 63.9 cm³/mol. The van der Waals surface area contributed by atoms with Crippen molar-refractivity contribution in [2.75, 3.05) is 0 Å². The molecule has 1 aromatic rings. The Hall–Kier alpha value is -1.29. The molecule has 1 heterocycles. The number of rotatable bonds is 5. The van der Waals surface area contributed by atoms with Crippen molar-refractivity contribution in [3.8, 4) is 0 Å². The summed E-state index contributed by atoms with van der Waals surface area (Å²) in [5, 5.41) is 12.4. The Morgan fingerprint density at radius 3 is 2.59 bits per heavy atom. The Labute approximate surface area is 101 Å². The van der Waals surface area contributed by atoms with Gasteiger partial charge in [0, 0.05) is 11.6 Å². The minimum absolute atomic E-state index is 0.00847. The van der Waals surface area contributed by atoms with Gasteiger partial charge in [0.2, 0.25) is 0 Å². The van der Waals surface area contributed by atoms with Crippen LogP contribution in [-0.4, -0.2) is 17.1 Å². The highest BCUT2D eigenvalue weighted by atomic mass is 16.4. The standard InChI is InChI=1S/C13H19NO3/c1-7-6-11(9(3)17-7)8(2)14-12(13(15)16)10-4-5-10/h6,8,10,12,14H,4-5H2,1-3H3,(H,15,16). The zero-order valence-electron chi connectivity index (χ0n) is 10.5. The van der Waals surface area contributed by atoms with Crippen LogP contribution in [0.2, 0.25) is 0 Å². The van der Waals surface area contributed by atoms with E-state index in [1.54, 1.807) is 0 Å². The van der Waals surface area contributed by atoms with Gasteiger partial charge in [-0.1, -0.05) is 0 Å². The molecule has 1 aliphatic rings. The second kappa shape index (κ2) is 4.53. The van der Waals surface area contributed by atoms with Crippen molar-refractivity contribution in [1.29, 1.82) is 0 Å². The molecule has 0 radical (unpaired) electrons. The highest BCUT2D eigenvalue weighted by Crippen LogP contribution is 2.34. The van der Waals surface area contributed by atoms with Gasteiger partial charge in [-0.2, -0.15) is 0 Å². The van der Waals surface area contributed by atoms with Crippen LogP contribution in [0.1, 0.15) is 42.9 Å². The van der Waals surface area contributed by atoms with Gasteiger partial charge >= 0.3 is 5.97 Å². The summed E-state index contributed by atoms with van der Waals surface area (Å²) in [5.74, 6) is 1.27. The van der Waals surface area contributed by atoms with Gasteiger partial charge in [0.15, 0.2) is 0 Å². The fraction of sp³-hybridized carbons (Fsp3) is 0.615. The van der Waals surface area contributed by atoms with Gasteiger partial charge in [-0.05, 0) is 45.6 Å². The molecule has 1 fully saturated rings. The van der Waals surface area contributed by atoms with Crippen LogP contribution in [-0.2, 0) is 4.79 Å². The topological polar surface area (TPSA) is 62.5 Å². The molecule has 0 bridgehead atoms. The lowest BCUT2D eigenvalue weighted by Crippen LogP contribution is -2.40. The van der Waals surface area contributed by atoms with Crippen LogP contribution >= 0.6 is 0 Å². The van der Waals surface area contributed by atoms with Gasteiger partial charge in [0.1, 0.15) is 17.6 Å². The van der Waals surface area contributed by atoms with Gasteiger partial charge in [-0.3, -0.25) is 10.1 Å². The summed E-state index contributed by atoms with van der Waals surface area (Å²) in [6.45, 7) is 5.79. The third-order valence-corrected chi connectivity index (χ3v) is 3.33. The maximum absolute atomic E-state index is 11.2. The Morgan fingerprint density at radius 1 is 1.53 bits per heavy atom. The van der Waals surface area contributed by atoms with E-state index in [4.69, 9.17) is 9.52 Å². The molecule has 0 saturated heterocycles. The van der Waals surface area contributed by atoms with Crippen LogP contribution in [0.25, 0.3) is 0 Å². The van der Waals surface area contributed by atoms with E-state index < -0.39 is 12.0 Å². The lowest BCUT2D eigenvalue weighted by Gasteiger charge is -2.19. The van der Waals surface area contributed by atoms with E-state index in [9.17, 15) is 4.79 Å². The van der Waals surface area contributed by atoms with Gasteiger partial charge < -0.3 is 9.52 Å². The number of aryl methyl sites for hydroxylation is 2. The Bertz CT molecular complexity index is 420. The summed E-state index contributed by atoms with van der Waals surface area (Å²) in [7, 11) is 0. The number of hydrogen-bond acceptors (Lipinski definition) is 3. The highest BCUT2D eigenvalue weighted by Gasteiger charge is 2.37. The van der Waals surface area contributed by atoms with Crippen LogP contribution in [0.4, 0.5) is 0 Å². The van der Waals surface area contributed by atoms with E-state index in [0.717, 1.165) is 29.9 Å². The molecule has 94 valence electrons. The van der Waals surface area contributed by atoms with Crippen LogP contribution in [0.15, 0.2) is 10.5 Å². The van der Waals surface area contributed by atoms with Crippen LogP contribution < -0.4 is 5.32 Å². The summed E-state index contributed by atoms with van der Waals surface area (Å²) in [6, 6.07) is 1.55. The van der Waals surface area contributed by atoms with E-state index >= 15 is 0 Å². The SMILES string of the molecule is Cc1cc(C(C)NC(C(=O)O)C2CC2)c(C)o1. The zero-order chi connectivity index (χ0) is 12.6. The molecule has 2 N–H and O–H groups in total. The van der Waals surface area contributed by atoms with Crippen LogP contribution in [0.3, 0.4) is 0 Å². The smallest absolute Gasteiger partial charge is 0.320 e. The van der Waals surface area contributed by atoms with Gasteiger partial charge in [-0.15, -0.1) is 0 Å². The lowest BCUT2D eigenvalue weighted by atomic mass is 10.1. The number of furan rings is 1. The summed E-state index contributed by atoms with van der Waals surface area (Å²) in [4.78, 5) is 11.2. The second-order valence-electron chi connectivity index (χ2n) is 4.91. The molecule has 4 nitrogen and oxygen atoms in total. The highest BCUT2D eigenvalue weighted by molar-refractivity contribution is 5.74. The normalized spacial score (nSPS) is 19.0. The van der Waals surface area contributed by atoms with Crippen LogP contribution in [0.5, 0.6) is 0 Å². The minimum Gasteiger partial charge on any atom is -0.480 e. The molecule has 1 saturated carbocycles. The molecular formula is C13H19NO3. The molecule has 17 heavy (non-hydrogen) atoms. The average Bonchev–Trinajstić information content (AvgIpc) is 3.00. The fourth-order valence-corrected chi connectivity index (χ4v) is 2.28. The van der Waals surface area contributed by atoms with E-state index in [2.05, 4.69) is 5.32 Å². The van der Waals surface area contributed by atoms with Crippen molar-refractivity contribution in [3.05, 3.63) is 23.2 Å². The molecule has 2 rings (SSSR count). The first-order valence-corrected chi connectivity index (χ1v) is 6.05. The maximum Gasteiger partial charge on any atom is 0.320 e. The summed E-state index contributed by atoms with van der Waals surface area (Å²) in [5.41, 5.74) is 1.05. The molecule has 1 aromatic heterocycles. The molecule has 0 aromatic carbocycles. The maximum atomic E-state index is 11.2. The third kappa shape index (κ3) is 2.69. The zero-order valence-corrected chi connectivity index (χ0v) is 10.5. The molecule has 0 amide bonds. The fourth-order valence-electron chi connectivity index (χ4n) is 2.28. The molecule has 2 unspecified atom stereocenters. The van der Waals surface area contributed by atoms with Crippen molar-refractivity contribution in [2.24, 2.45) is 5.92 Å². The molecule has 4 heteroatoms. The molecule has 0 spiro atoms. The van der Waals surface area contributed by atoms with E-state index in [0.29, 0.717) is 5.92 Å². The van der Waals surface area contributed by atoms with Gasteiger partial charge in [0.05, 0.1) is 0 Å². The summed E-state index contributed by atoms with van der Waals surface area (Å²) < 4.78 is 5.47. The first-order chi connectivity index (χ1) is 7.99. The first kappa shape index (κ1) is 12.2. The van der Waals surface area contributed by atoms with E-state index in [1.165, 1.54) is 0 Å². The van der Waals surface area contributed by atoms with E-state index in [-0.39, 0.29) is 6.04 Å². The molecule has 1 aliphatic carbocycles.